The normalized spacial score (nSPS) is 31.4. The van der Waals surface area contributed by atoms with E-state index in [-0.39, 0.29) is 61.7 Å². The zero-order valence-corrected chi connectivity index (χ0v) is 36.1. The van der Waals surface area contributed by atoms with Gasteiger partial charge in [-0.3, -0.25) is 19.9 Å². The van der Waals surface area contributed by atoms with Gasteiger partial charge in [0.25, 0.3) is 5.69 Å². The summed E-state index contributed by atoms with van der Waals surface area (Å²) in [5, 5.41) is 34.3. The molecule has 3 aromatic carbocycles. The van der Waals surface area contributed by atoms with Crippen LogP contribution in [0.3, 0.4) is 0 Å². The van der Waals surface area contributed by atoms with E-state index in [1.807, 2.05) is 51.3 Å². The van der Waals surface area contributed by atoms with Crippen LogP contribution in [-0.2, 0) is 44.6 Å². The molecule has 3 N–H and O–H groups in total. The molecule has 1 amide bonds. The highest BCUT2D eigenvalue weighted by Gasteiger charge is 2.49. The molecule has 332 valence electrons. The third kappa shape index (κ3) is 9.92. The van der Waals surface area contributed by atoms with E-state index in [9.17, 15) is 25.1 Å². The number of ether oxygens (including phenoxy) is 7. The highest BCUT2D eigenvalue weighted by Crippen LogP contribution is 2.45. The lowest BCUT2D eigenvalue weighted by Gasteiger charge is -2.47. The predicted octanol–water partition coefficient (Wildman–Crippen LogP) is 5.51. The quantitative estimate of drug-likeness (QED) is 0.128. The number of para-hydroxylation sites is 1. The number of benzene rings is 3. The largest absolute Gasteiger partial charge is 0.448 e. The smallest absolute Gasteiger partial charge is 0.410 e. The molecule has 3 aliphatic heterocycles. The number of rotatable bonds is 15. The van der Waals surface area contributed by atoms with Crippen molar-refractivity contribution in [3.63, 3.8) is 0 Å². The lowest BCUT2D eigenvalue weighted by Crippen LogP contribution is -2.65. The van der Waals surface area contributed by atoms with E-state index < -0.39 is 72.5 Å². The Hall–Kier alpha value is -3.72. The van der Waals surface area contributed by atoms with Crippen molar-refractivity contribution in [2.75, 3.05) is 26.6 Å². The minimum absolute atomic E-state index is 0.0225. The number of carbonyl (C=O) groups is 1. The van der Waals surface area contributed by atoms with Crippen LogP contribution in [0.1, 0.15) is 63.1 Å². The van der Waals surface area contributed by atoms with Gasteiger partial charge in [-0.1, -0.05) is 60.7 Å². The molecule has 3 aromatic rings. The topological polar surface area (TPSA) is 190 Å². The van der Waals surface area contributed by atoms with E-state index in [1.54, 1.807) is 37.1 Å². The SMILES string of the molecule is CO[C@H]1C[C@H](O[C@H]2[C@H](OCc3ccccc3[N+](=O)[O-])O[C@H](C)[C@H](NO[C@H]3C[C@H](O)[C@H](SC)[C@@H](C)O3)[C@H]2O)OC[C@@H]1N(C(=O)OCC1c2ccccc2-c2ccccc21)C(C)C. The molecule has 4 aliphatic rings. The van der Waals surface area contributed by atoms with Gasteiger partial charge in [0.1, 0.15) is 18.8 Å². The molecule has 16 nitrogen and oxygen atoms in total. The highest BCUT2D eigenvalue weighted by atomic mass is 32.2. The maximum absolute atomic E-state index is 14.0. The monoisotopic (exact) mass is 867 g/mol. The summed E-state index contributed by atoms with van der Waals surface area (Å²) in [4.78, 5) is 32.8. The van der Waals surface area contributed by atoms with Crippen molar-refractivity contribution in [3.8, 4) is 11.1 Å². The number of amides is 1. The van der Waals surface area contributed by atoms with Gasteiger partial charge in [-0.15, -0.1) is 0 Å². The third-order valence-electron chi connectivity index (χ3n) is 12.0. The number of carbonyl (C=O) groups excluding carboxylic acids is 1. The number of nitrogens with zero attached hydrogens (tertiary/aromatic N) is 2. The summed E-state index contributed by atoms with van der Waals surface area (Å²) >= 11 is 1.52. The number of fused-ring (bicyclic) bond motifs is 3. The van der Waals surface area contributed by atoms with Gasteiger partial charge in [0.05, 0.1) is 65.5 Å². The van der Waals surface area contributed by atoms with E-state index in [2.05, 4.69) is 29.7 Å². The second-order valence-corrected chi connectivity index (χ2v) is 17.2. The molecular weight excluding hydrogens is 811 g/mol. The second-order valence-electron chi connectivity index (χ2n) is 16.2. The summed E-state index contributed by atoms with van der Waals surface area (Å²) in [6.45, 7) is 7.36. The zero-order valence-electron chi connectivity index (χ0n) is 35.2. The average Bonchev–Trinajstić information content (AvgIpc) is 3.56. The summed E-state index contributed by atoms with van der Waals surface area (Å²) in [7, 11) is 1.55. The fourth-order valence-corrected chi connectivity index (χ4v) is 9.82. The van der Waals surface area contributed by atoms with Gasteiger partial charge < -0.3 is 43.4 Å². The van der Waals surface area contributed by atoms with E-state index in [4.69, 9.17) is 38.0 Å². The maximum Gasteiger partial charge on any atom is 0.410 e. The molecule has 0 aromatic heterocycles. The standard InChI is InChI=1S/C44H57N3O13S/c1-24(2)46(44(50)56-22-32-30-16-10-8-14-28(30)29-15-9-11-17-31(29)32)34-23-54-37(20-36(34)53-5)59-41-40(49)39(45-60-38-19-35(48)42(61-6)26(4)57-38)25(3)58-43(41)55-21-27-13-7-12-18-33(27)47(51)52/h7-18,24-26,32,34-43,45,48-49H,19-23H2,1-6H3/t25-,26-,34+,35+,36+,37+,38+,39+,40-,41-,42-,43-/m1/s1. The molecule has 0 spiro atoms. The number of hydroxylamine groups is 1. The summed E-state index contributed by atoms with van der Waals surface area (Å²) in [5.41, 5.74) is 7.57. The van der Waals surface area contributed by atoms with Crippen molar-refractivity contribution in [1.82, 2.24) is 10.4 Å². The first-order valence-corrected chi connectivity index (χ1v) is 22.1. The molecule has 3 heterocycles. The van der Waals surface area contributed by atoms with Crippen molar-refractivity contribution in [3.05, 3.63) is 99.6 Å². The van der Waals surface area contributed by atoms with Gasteiger partial charge in [0, 0.05) is 38.0 Å². The van der Waals surface area contributed by atoms with Crippen molar-refractivity contribution in [1.29, 1.82) is 0 Å². The van der Waals surface area contributed by atoms with E-state index in [1.165, 1.54) is 17.8 Å². The van der Waals surface area contributed by atoms with E-state index in [0.717, 1.165) is 22.3 Å². The number of aliphatic hydroxyl groups excluding tert-OH is 2. The van der Waals surface area contributed by atoms with Crippen LogP contribution in [0.5, 0.6) is 0 Å². The number of nitro groups is 1. The Bertz CT molecular complexity index is 1900. The first-order chi connectivity index (χ1) is 29.4. The molecule has 3 fully saturated rings. The molecule has 0 saturated carbocycles. The van der Waals surface area contributed by atoms with Crippen molar-refractivity contribution in [2.45, 2.75) is 132 Å². The van der Waals surface area contributed by atoms with E-state index in [0.29, 0.717) is 5.56 Å². The van der Waals surface area contributed by atoms with Crippen LogP contribution in [0.15, 0.2) is 72.8 Å². The van der Waals surface area contributed by atoms with Crippen LogP contribution < -0.4 is 5.48 Å². The molecule has 3 saturated heterocycles. The third-order valence-corrected chi connectivity index (χ3v) is 13.3. The summed E-state index contributed by atoms with van der Waals surface area (Å²) in [5.74, 6) is -0.111. The van der Waals surface area contributed by atoms with Crippen molar-refractivity contribution < 1.29 is 57.9 Å². The number of methoxy groups -OCH3 is 1. The van der Waals surface area contributed by atoms with Gasteiger partial charge in [-0.05, 0) is 62.3 Å². The molecule has 17 heteroatoms. The van der Waals surface area contributed by atoms with Gasteiger partial charge in [-0.2, -0.15) is 17.2 Å². The van der Waals surface area contributed by atoms with Crippen LogP contribution in [0.4, 0.5) is 10.5 Å². The lowest BCUT2D eigenvalue weighted by atomic mass is 9.97. The van der Waals surface area contributed by atoms with Crippen molar-refractivity contribution >= 4 is 23.5 Å². The first kappa shape index (κ1) is 45.3. The number of hydrogen-bond acceptors (Lipinski definition) is 15. The fourth-order valence-electron chi connectivity index (χ4n) is 8.95. The van der Waals surface area contributed by atoms with Crippen LogP contribution in [0.2, 0.25) is 0 Å². The first-order valence-electron chi connectivity index (χ1n) is 20.8. The Morgan fingerprint density at radius 1 is 0.967 bits per heavy atom. The Kier molecular flexibility index (Phi) is 15.0. The molecule has 12 atom stereocenters. The molecule has 0 bridgehead atoms. The summed E-state index contributed by atoms with van der Waals surface area (Å²) in [6.07, 6.45) is -5.91. The molecule has 0 radical (unpaired) electrons. The lowest BCUT2D eigenvalue weighted by molar-refractivity contribution is -0.386. The maximum atomic E-state index is 14.0. The van der Waals surface area contributed by atoms with Gasteiger partial charge >= 0.3 is 6.09 Å². The van der Waals surface area contributed by atoms with Gasteiger partial charge in [0.2, 0.25) is 0 Å². The minimum atomic E-state index is -1.32. The number of nitrogens with one attached hydrogen (secondary N) is 1. The van der Waals surface area contributed by atoms with Crippen LogP contribution in [0.25, 0.3) is 11.1 Å². The van der Waals surface area contributed by atoms with E-state index >= 15 is 0 Å². The summed E-state index contributed by atoms with van der Waals surface area (Å²) in [6, 6.07) is 20.8. The molecule has 7 rings (SSSR count). The number of thioether (sulfide) groups is 1. The Balaban J connectivity index is 1.04. The minimum Gasteiger partial charge on any atom is -0.448 e. The Morgan fingerprint density at radius 3 is 2.28 bits per heavy atom. The van der Waals surface area contributed by atoms with Gasteiger partial charge in [-0.25, -0.2) is 4.79 Å². The van der Waals surface area contributed by atoms with Crippen LogP contribution in [-0.4, -0.2) is 132 Å². The molecular formula is C44H57N3O13S. The molecule has 1 aliphatic carbocycles. The summed E-state index contributed by atoms with van der Waals surface area (Å²) < 4.78 is 43.2. The average molecular weight is 868 g/mol. The number of nitro benzene ring substituents is 1. The Labute approximate surface area is 360 Å². The zero-order chi connectivity index (χ0) is 43.4. The second kappa shape index (κ2) is 20.2. The Morgan fingerprint density at radius 2 is 1.64 bits per heavy atom. The fraction of sp³-hybridized carbons (Fsp3) is 0.568. The predicted molar refractivity (Wildman–Crippen MR) is 224 cm³/mol. The highest BCUT2D eigenvalue weighted by molar-refractivity contribution is 7.99. The molecule has 0 unspecified atom stereocenters. The number of aliphatic hydroxyl groups is 2. The molecule has 61 heavy (non-hydrogen) atoms. The van der Waals surface area contributed by atoms with Crippen LogP contribution in [0, 0.1) is 10.1 Å². The van der Waals surface area contributed by atoms with Crippen molar-refractivity contribution in [2.24, 2.45) is 0 Å². The number of hydrogen-bond donors (Lipinski definition) is 3. The van der Waals surface area contributed by atoms with Gasteiger partial charge in [0.15, 0.2) is 18.9 Å². The van der Waals surface area contributed by atoms with Crippen LogP contribution >= 0.6 is 11.8 Å².